The number of nitrogens with zero attached hydrogens (tertiary/aromatic N) is 1. The van der Waals surface area contributed by atoms with E-state index in [0.717, 1.165) is 5.56 Å². The highest BCUT2D eigenvalue weighted by molar-refractivity contribution is 6.02. The maximum absolute atomic E-state index is 12.2. The van der Waals surface area contributed by atoms with Gasteiger partial charge in [-0.25, -0.2) is 5.43 Å². The van der Waals surface area contributed by atoms with E-state index in [1.54, 1.807) is 48.5 Å². The van der Waals surface area contributed by atoms with E-state index in [-0.39, 0.29) is 5.91 Å². The topological polar surface area (TPSA) is 100 Å². The molecule has 0 fully saturated rings. The smallest absolute Gasteiger partial charge is 0.271 e. The Bertz CT molecular complexity index is 798. The molecule has 2 aromatic carbocycles. The maximum Gasteiger partial charge on any atom is 0.271 e. The van der Waals surface area contributed by atoms with Gasteiger partial charge >= 0.3 is 0 Å². The Morgan fingerprint density at radius 3 is 2.00 bits per heavy atom. The number of hydrazone groups is 1. The van der Waals surface area contributed by atoms with Crippen LogP contribution in [0.1, 0.15) is 36.2 Å². The molecule has 2 aromatic rings. The van der Waals surface area contributed by atoms with Crippen molar-refractivity contribution >= 4 is 17.6 Å². The number of ether oxygens (including phenoxy) is 2. The van der Waals surface area contributed by atoms with Gasteiger partial charge in [0.1, 0.15) is 18.1 Å². The summed E-state index contributed by atoms with van der Waals surface area (Å²) in [7, 11) is 0. The van der Waals surface area contributed by atoms with Crippen LogP contribution in [0.25, 0.3) is 0 Å². The van der Waals surface area contributed by atoms with E-state index in [2.05, 4.69) is 10.5 Å². The molecule has 0 unspecified atom stereocenters. The van der Waals surface area contributed by atoms with E-state index in [0.29, 0.717) is 35.8 Å². The first-order chi connectivity index (χ1) is 13.0. The lowest BCUT2D eigenvalue weighted by Gasteiger charge is -2.09. The molecule has 7 heteroatoms. The molecule has 1 N–H and O–H groups in total. The average Bonchev–Trinajstić information content (AvgIpc) is 2.68. The van der Waals surface area contributed by atoms with Crippen LogP contribution in [0.15, 0.2) is 53.6 Å². The number of hydrogen-bond donors (Lipinski definition) is 1. The zero-order valence-electron chi connectivity index (χ0n) is 15.2. The SMILES string of the molecule is CCOc1ccc(C(=O)N/N=C(/CC)c2ccc(OCC(=O)[O-])cc2)cc1. The lowest BCUT2D eigenvalue weighted by Crippen LogP contribution is -2.28. The standard InChI is InChI=1S/C20H22N2O5/c1-3-18(14-5-9-17(10-6-14)27-13-19(23)24)21-22-20(25)15-7-11-16(12-8-15)26-4-2/h5-12H,3-4,13H2,1-2H3,(H,22,25)(H,23,24)/p-1/b21-18-. The van der Waals surface area contributed by atoms with Crippen molar-refractivity contribution in [2.45, 2.75) is 20.3 Å². The lowest BCUT2D eigenvalue weighted by molar-refractivity contribution is -0.307. The summed E-state index contributed by atoms with van der Waals surface area (Å²) >= 11 is 0. The number of aliphatic carboxylic acids is 1. The van der Waals surface area contributed by atoms with Gasteiger partial charge < -0.3 is 19.4 Å². The number of nitrogens with one attached hydrogen (secondary N) is 1. The van der Waals surface area contributed by atoms with Crippen molar-refractivity contribution in [1.82, 2.24) is 5.43 Å². The number of carbonyl (C=O) groups excluding carboxylic acids is 2. The summed E-state index contributed by atoms with van der Waals surface area (Å²) in [6, 6.07) is 13.6. The molecular formula is C20H21N2O5-. The predicted octanol–water partition coefficient (Wildman–Crippen LogP) is 1.76. The molecule has 0 heterocycles. The minimum absolute atomic E-state index is 0.321. The van der Waals surface area contributed by atoms with Gasteiger partial charge in [-0.2, -0.15) is 5.10 Å². The average molecular weight is 369 g/mol. The Morgan fingerprint density at radius 1 is 0.926 bits per heavy atom. The second-order valence-corrected chi connectivity index (χ2v) is 5.50. The second kappa shape index (κ2) is 9.96. The van der Waals surface area contributed by atoms with Crippen molar-refractivity contribution in [3.05, 3.63) is 59.7 Å². The fraction of sp³-hybridized carbons (Fsp3) is 0.250. The summed E-state index contributed by atoms with van der Waals surface area (Å²) in [4.78, 5) is 22.6. The van der Waals surface area contributed by atoms with Crippen molar-refractivity contribution < 1.29 is 24.2 Å². The molecule has 0 atom stereocenters. The van der Waals surface area contributed by atoms with Crippen LogP contribution in [-0.2, 0) is 4.79 Å². The van der Waals surface area contributed by atoms with Crippen molar-refractivity contribution in [2.75, 3.05) is 13.2 Å². The molecule has 27 heavy (non-hydrogen) atoms. The summed E-state index contributed by atoms with van der Waals surface area (Å²) in [5.74, 6) is -0.491. The molecule has 0 aliphatic rings. The minimum Gasteiger partial charge on any atom is -0.546 e. The summed E-state index contributed by atoms with van der Waals surface area (Å²) < 4.78 is 10.4. The normalized spacial score (nSPS) is 11.0. The molecule has 0 saturated heterocycles. The van der Waals surface area contributed by atoms with Gasteiger partial charge in [0.05, 0.1) is 18.3 Å². The molecule has 0 saturated carbocycles. The second-order valence-electron chi connectivity index (χ2n) is 5.50. The molecule has 0 aliphatic carbocycles. The Kier molecular flexibility index (Phi) is 7.37. The van der Waals surface area contributed by atoms with Gasteiger partial charge in [-0.1, -0.05) is 6.92 Å². The highest BCUT2D eigenvalue weighted by Gasteiger charge is 2.07. The van der Waals surface area contributed by atoms with Crippen LogP contribution < -0.4 is 20.0 Å². The molecule has 0 bridgehead atoms. The first-order valence-corrected chi connectivity index (χ1v) is 8.56. The third kappa shape index (κ3) is 6.14. The number of rotatable bonds is 9. The molecule has 0 spiro atoms. The van der Waals surface area contributed by atoms with Crippen LogP contribution in [0.4, 0.5) is 0 Å². The third-order valence-corrected chi connectivity index (χ3v) is 3.60. The highest BCUT2D eigenvalue weighted by atomic mass is 16.5. The van der Waals surface area contributed by atoms with Crippen molar-refractivity contribution in [2.24, 2.45) is 5.10 Å². The zero-order chi connectivity index (χ0) is 19.6. The quantitative estimate of drug-likeness (QED) is 0.536. The van der Waals surface area contributed by atoms with Crippen LogP contribution >= 0.6 is 0 Å². The van der Waals surface area contributed by atoms with Crippen LogP contribution in [0.2, 0.25) is 0 Å². The van der Waals surface area contributed by atoms with Gasteiger partial charge in [0, 0.05) is 5.56 Å². The maximum atomic E-state index is 12.2. The molecule has 7 nitrogen and oxygen atoms in total. The molecule has 0 radical (unpaired) electrons. The summed E-state index contributed by atoms with van der Waals surface area (Å²) in [6.45, 7) is 3.87. The summed E-state index contributed by atoms with van der Waals surface area (Å²) in [6.07, 6.45) is 0.600. The fourth-order valence-electron chi connectivity index (χ4n) is 2.29. The number of benzene rings is 2. The summed E-state index contributed by atoms with van der Waals surface area (Å²) in [5.41, 5.74) is 4.50. The Labute approximate surface area is 157 Å². The monoisotopic (exact) mass is 369 g/mol. The number of carboxylic acids is 1. The largest absolute Gasteiger partial charge is 0.546 e. The minimum atomic E-state index is -1.29. The lowest BCUT2D eigenvalue weighted by atomic mass is 10.1. The van der Waals surface area contributed by atoms with Gasteiger partial charge in [-0.3, -0.25) is 4.79 Å². The van der Waals surface area contributed by atoms with Gasteiger partial charge in [-0.05, 0) is 67.4 Å². The van der Waals surface area contributed by atoms with Gasteiger partial charge in [0.15, 0.2) is 0 Å². The van der Waals surface area contributed by atoms with Crippen LogP contribution in [0.5, 0.6) is 11.5 Å². The van der Waals surface area contributed by atoms with E-state index in [1.807, 2.05) is 13.8 Å². The molecule has 0 aromatic heterocycles. The van der Waals surface area contributed by atoms with Gasteiger partial charge in [-0.15, -0.1) is 0 Å². The first kappa shape index (κ1) is 20.0. The van der Waals surface area contributed by atoms with E-state index in [4.69, 9.17) is 9.47 Å². The van der Waals surface area contributed by atoms with E-state index >= 15 is 0 Å². The molecule has 142 valence electrons. The van der Waals surface area contributed by atoms with Crippen molar-refractivity contribution in [3.63, 3.8) is 0 Å². The molecule has 1 amide bonds. The highest BCUT2D eigenvalue weighted by Crippen LogP contribution is 2.14. The summed E-state index contributed by atoms with van der Waals surface area (Å²) in [5, 5.41) is 14.6. The molecule has 2 rings (SSSR count). The van der Waals surface area contributed by atoms with Gasteiger partial charge in [0.2, 0.25) is 0 Å². The van der Waals surface area contributed by atoms with Gasteiger partial charge in [0.25, 0.3) is 5.91 Å². The number of hydrogen-bond acceptors (Lipinski definition) is 6. The Balaban J connectivity index is 2.02. The van der Waals surface area contributed by atoms with Crippen molar-refractivity contribution in [3.8, 4) is 11.5 Å². The third-order valence-electron chi connectivity index (χ3n) is 3.60. The molecule has 0 aliphatic heterocycles. The van der Waals surface area contributed by atoms with Crippen LogP contribution in [0.3, 0.4) is 0 Å². The molecular weight excluding hydrogens is 348 g/mol. The van der Waals surface area contributed by atoms with E-state index < -0.39 is 12.6 Å². The fourth-order valence-corrected chi connectivity index (χ4v) is 2.29. The number of amides is 1. The number of carbonyl (C=O) groups is 2. The Morgan fingerprint density at radius 2 is 1.48 bits per heavy atom. The zero-order valence-corrected chi connectivity index (χ0v) is 15.2. The predicted molar refractivity (Wildman–Crippen MR) is 98.8 cm³/mol. The van der Waals surface area contributed by atoms with Crippen molar-refractivity contribution in [1.29, 1.82) is 0 Å². The Hall–Kier alpha value is -3.35. The van der Waals surface area contributed by atoms with Crippen LogP contribution in [-0.4, -0.2) is 30.8 Å². The van der Waals surface area contributed by atoms with Crippen LogP contribution in [0, 0.1) is 0 Å². The number of carboxylic acid groups (broad SMARTS) is 1. The van der Waals surface area contributed by atoms with E-state index in [9.17, 15) is 14.7 Å². The van der Waals surface area contributed by atoms with E-state index in [1.165, 1.54) is 0 Å². The first-order valence-electron chi connectivity index (χ1n) is 8.56.